The lowest BCUT2D eigenvalue weighted by Crippen LogP contribution is -2.11. The van der Waals surface area contributed by atoms with Crippen LogP contribution in [-0.4, -0.2) is 18.0 Å². The Balaban J connectivity index is 1.92. The van der Waals surface area contributed by atoms with Crippen molar-refractivity contribution in [3.8, 4) is 5.75 Å². The Morgan fingerprint density at radius 2 is 2.00 bits per heavy atom. The van der Waals surface area contributed by atoms with Crippen molar-refractivity contribution in [2.75, 3.05) is 12.4 Å². The van der Waals surface area contributed by atoms with Crippen LogP contribution in [0.15, 0.2) is 36.4 Å². The number of halogens is 2. The highest BCUT2D eigenvalue weighted by Gasteiger charge is 2.14. The van der Waals surface area contributed by atoms with Gasteiger partial charge in [0.15, 0.2) is 5.13 Å². The Hall–Kier alpha value is -2.18. The lowest BCUT2D eigenvalue weighted by atomic mass is 10.2. The van der Waals surface area contributed by atoms with E-state index in [9.17, 15) is 9.18 Å². The van der Waals surface area contributed by atoms with Gasteiger partial charge in [-0.05, 0) is 36.4 Å². The average molecular weight is 337 g/mol. The van der Waals surface area contributed by atoms with Gasteiger partial charge in [0, 0.05) is 5.56 Å². The lowest BCUT2D eigenvalue weighted by Gasteiger charge is -2.01. The second-order valence-electron chi connectivity index (χ2n) is 4.41. The molecular formula is C15H10ClFN2O2S. The molecule has 0 fully saturated rings. The molecule has 0 bridgehead atoms. The first-order valence-corrected chi connectivity index (χ1v) is 7.48. The molecule has 0 atom stereocenters. The van der Waals surface area contributed by atoms with Crippen molar-refractivity contribution in [1.29, 1.82) is 0 Å². The van der Waals surface area contributed by atoms with Gasteiger partial charge in [-0.2, -0.15) is 0 Å². The zero-order valence-corrected chi connectivity index (χ0v) is 13.0. The Morgan fingerprint density at radius 1 is 1.27 bits per heavy atom. The van der Waals surface area contributed by atoms with Crippen LogP contribution in [0.4, 0.5) is 9.52 Å². The number of nitrogens with one attached hydrogen (secondary N) is 1. The molecular weight excluding hydrogens is 327 g/mol. The summed E-state index contributed by atoms with van der Waals surface area (Å²) in [7, 11) is 1.54. The van der Waals surface area contributed by atoms with E-state index >= 15 is 0 Å². The minimum Gasteiger partial charge on any atom is -0.494 e. The van der Waals surface area contributed by atoms with E-state index in [1.54, 1.807) is 19.2 Å². The predicted octanol–water partition coefficient (Wildman–Crippen LogP) is 4.35. The van der Waals surface area contributed by atoms with Gasteiger partial charge in [0.05, 0.1) is 16.8 Å². The normalized spacial score (nSPS) is 10.7. The zero-order chi connectivity index (χ0) is 15.7. The fourth-order valence-corrected chi connectivity index (χ4v) is 3.09. The highest BCUT2D eigenvalue weighted by Crippen LogP contribution is 2.37. The van der Waals surface area contributed by atoms with E-state index in [0.717, 1.165) is 4.70 Å². The Bertz CT molecular complexity index is 849. The molecule has 0 radical (unpaired) electrons. The summed E-state index contributed by atoms with van der Waals surface area (Å²) in [4.78, 5) is 16.4. The third kappa shape index (κ3) is 2.75. The standard InChI is InChI=1S/C15H10ClFN2O2S/c1-21-11-7-6-10(16)13-12(11)18-15(22-13)19-14(20)8-2-4-9(17)5-3-8/h2-7H,1H3,(H,18,19,20). The van der Waals surface area contributed by atoms with E-state index < -0.39 is 5.82 Å². The molecule has 1 amide bonds. The summed E-state index contributed by atoms with van der Waals surface area (Å²) >= 11 is 7.38. The van der Waals surface area contributed by atoms with Crippen LogP contribution in [0.3, 0.4) is 0 Å². The number of hydrogen-bond donors (Lipinski definition) is 1. The summed E-state index contributed by atoms with van der Waals surface area (Å²) in [6.07, 6.45) is 0. The molecule has 0 saturated carbocycles. The van der Waals surface area contributed by atoms with Crippen molar-refractivity contribution in [2.24, 2.45) is 0 Å². The molecule has 7 heteroatoms. The van der Waals surface area contributed by atoms with Crippen molar-refractivity contribution in [3.05, 3.63) is 52.8 Å². The van der Waals surface area contributed by atoms with Crippen LogP contribution in [0.2, 0.25) is 5.02 Å². The fourth-order valence-electron chi connectivity index (χ4n) is 1.94. The largest absolute Gasteiger partial charge is 0.494 e. The Kier molecular flexibility index (Phi) is 3.96. The van der Waals surface area contributed by atoms with Gasteiger partial charge >= 0.3 is 0 Å². The number of nitrogens with zero attached hydrogens (tertiary/aromatic N) is 1. The van der Waals surface area contributed by atoms with Crippen LogP contribution in [0.1, 0.15) is 10.4 Å². The number of ether oxygens (including phenoxy) is 1. The number of thiazole rings is 1. The molecule has 112 valence electrons. The summed E-state index contributed by atoms with van der Waals surface area (Å²) in [5.74, 6) is -0.180. The number of anilines is 1. The Labute approximate surface area is 134 Å². The van der Waals surface area contributed by atoms with Crippen molar-refractivity contribution < 1.29 is 13.9 Å². The SMILES string of the molecule is COc1ccc(Cl)c2sc(NC(=O)c3ccc(F)cc3)nc12. The van der Waals surface area contributed by atoms with Crippen LogP contribution < -0.4 is 10.1 Å². The molecule has 1 N–H and O–H groups in total. The molecule has 0 aliphatic heterocycles. The van der Waals surface area contributed by atoms with Gasteiger partial charge in [0.2, 0.25) is 0 Å². The zero-order valence-electron chi connectivity index (χ0n) is 11.4. The maximum atomic E-state index is 12.9. The number of fused-ring (bicyclic) bond motifs is 1. The number of carbonyl (C=O) groups is 1. The molecule has 0 spiro atoms. The number of benzene rings is 2. The van der Waals surface area contributed by atoms with Crippen LogP contribution in [0.25, 0.3) is 10.2 Å². The number of methoxy groups -OCH3 is 1. The number of rotatable bonds is 3. The van der Waals surface area contributed by atoms with Gasteiger partial charge in [-0.3, -0.25) is 10.1 Å². The van der Waals surface area contributed by atoms with Crippen LogP contribution in [0, 0.1) is 5.82 Å². The maximum Gasteiger partial charge on any atom is 0.257 e. The van der Waals surface area contributed by atoms with Crippen LogP contribution >= 0.6 is 22.9 Å². The number of aromatic nitrogens is 1. The first-order valence-electron chi connectivity index (χ1n) is 6.28. The van der Waals surface area contributed by atoms with Crippen LogP contribution in [-0.2, 0) is 0 Å². The predicted molar refractivity (Wildman–Crippen MR) is 85.5 cm³/mol. The van der Waals surface area contributed by atoms with E-state index in [2.05, 4.69) is 10.3 Å². The quantitative estimate of drug-likeness (QED) is 0.773. The highest BCUT2D eigenvalue weighted by molar-refractivity contribution is 7.23. The second-order valence-corrected chi connectivity index (χ2v) is 5.81. The molecule has 1 heterocycles. The number of carbonyl (C=O) groups excluding carboxylic acids is 1. The molecule has 2 aromatic carbocycles. The lowest BCUT2D eigenvalue weighted by molar-refractivity contribution is 0.102. The fraction of sp³-hybridized carbons (Fsp3) is 0.0667. The molecule has 4 nitrogen and oxygen atoms in total. The van der Waals surface area contributed by atoms with Gasteiger partial charge < -0.3 is 4.74 Å². The summed E-state index contributed by atoms with van der Waals surface area (Å²) in [5.41, 5.74) is 0.938. The summed E-state index contributed by atoms with van der Waals surface area (Å²) in [6, 6.07) is 8.71. The van der Waals surface area contributed by atoms with E-state index in [1.807, 2.05) is 0 Å². The van der Waals surface area contributed by atoms with Gasteiger partial charge in [0.1, 0.15) is 17.1 Å². The molecule has 0 saturated heterocycles. The summed E-state index contributed by atoms with van der Waals surface area (Å²) in [6.45, 7) is 0. The van der Waals surface area contributed by atoms with E-state index in [4.69, 9.17) is 16.3 Å². The Morgan fingerprint density at radius 3 is 2.68 bits per heavy atom. The monoisotopic (exact) mass is 336 g/mol. The molecule has 0 aliphatic rings. The maximum absolute atomic E-state index is 12.9. The smallest absolute Gasteiger partial charge is 0.257 e. The van der Waals surface area contributed by atoms with Gasteiger partial charge in [0.25, 0.3) is 5.91 Å². The van der Waals surface area contributed by atoms with Gasteiger partial charge in [-0.1, -0.05) is 22.9 Å². The van der Waals surface area contributed by atoms with Crippen LogP contribution in [0.5, 0.6) is 5.75 Å². The van der Waals surface area contributed by atoms with Crippen molar-refractivity contribution in [1.82, 2.24) is 4.98 Å². The molecule has 1 aromatic heterocycles. The van der Waals surface area contributed by atoms with Crippen molar-refractivity contribution in [2.45, 2.75) is 0 Å². The van der Waals surface area contributed by atoms with Gasteiger partial charge in [-0.25, -0.2) is 9.37 Å². The molecule has 3 rings (SSSR count). The summed E-state index contributed by atoms with van der Waals surface area (Å²) < 4.78 is 18.8. The highest BCUT2D eigenvalue weighted by atomic mass is 35.5. The summed E-state index contributed by atoms with van der Waals surface area (Å²) in [5, 5.41) is 3.61. The molecule has 0 unspecified atom stereocenters. The van der Waals surface area contributed by atoms with Gasteiger partial charge in [-0.15, -0.1) is 0 Å². The first-order chi connectivity index (χ1) is 10.6. The topological polar surface area (TPSA) is 51.2 Å². The number of hydrogen-bond acceptors (Lipinski definition) is 4. The third-order valence-corrected chi connectivity index (χ3v) is 4.44. The van der Waals surface area contributed by atoms with Crippen molar-refractivity contribution in [3.63, 3.8) is 0 Å². The van der Waals surface area contributed by atoms with E-state index in [1.165, 1.54) is 35.6 Å². The molecule has 3 aromatic rings. The number of amides is 1. The minimum absolute atomic E-state index is 0.346. The van der Waals surface area contributed by atoms with E-state index in [-0.39, 0.29) is 5.91 Å². The second kappa shape index (κ2) is 5.90. The molecule has 22 heavy (non-hydrogen) atoms. The average Bonchev–Trinajstić information content (AvgIpc) is 2.93. The molecule has 0 aliphatic carbocycles. The van der Waals surface area contributed by atoms with E-state index in [0.29, 0.717) is 27.0 Å². The minimum atomic E-state index is -0.395. The first kappa shape index (κ1) is 14.7. The van der Waals surface area contributed by atoms with Crippen molar-refractivity contribution >= 4 is 44.2 Å². The third-order valence-electron chi connectivity index (χ3n) is 3.01.